The summed E-state index contributed by atoms with van der Waals surface area (Å²) in [6.07, 6.45) is 1.01. The molecule has 2 aromatic carbocycles. The molecule has 0 aliphatic rings. The Bertz CT molecular complexity index is 846. The van der Waals surface area contributed by atoms with Crippen LogP contribution in [0.2, 0.25) is 19.6 Å². The van der Waals surface area contributed by atoms with Gasteiger partial charge in [0.15, 0.2) is 0 Å². The highest BCUT2D eigenvalue weighted by Gasteiger charge is 2.19. The zero-order valence-corrected chi connectivity index (χ0v) is 13.5. The molecule has 4 nitrogen and oxygen atoms in total. The van der Waals surface area contributed by atoms with Crippen molar-refractivity contribution < 1.29 is 4.92 Å². The highest BCUT2D eigenvalue weighted by atomic mass is 28.3. The van der Waals surface area contributed by atoms with Gasteiger partial charge in [0, 0.05) is 40.1 Å². The average Bonchev–Trinajstić information content (AvgIpc) is 2.71. The second-order valence-corrected chi connectivity index (χ2v) is 12.1. The van der Waals surface area contributed by atoms with Crippen LogP contribution in [0.5, 0.6) is 0 Å². The number of nitro groups is 1. The van der Waals surface area contributed by atoms with E-state index < -0.39 is 8.07 Å². The molecule has 0 bridgehead atoms. The molecule has 0 unspecified atom stereocenters. The van der Waals surface area contributed by atoms with Crippen LogP contribution >= 0.6 is 0 Å². The lowest BCUT2D eigenvalue weighted by atomic mass is 10.1. The number of nitro benzene ring substituents is 1. The average molecular weight is 298 g/mol. The van der Waals surface area contributed by atoms with Gasteiger partial charge in [-0.2, -0.15) is 0 Å². The van der Waals surface area contributed by atoms with E-state index in [1.165, 1.54) is 0 Å². The van der Waals surface area contributed by atoms with E-state index in [2.05, 4.69) is 30.3 Å². The number of rotatable bonds is 3. The Labute approximate surface area is 124 Å². The minimum atomic E-state index is -1.30. The molecule has 0 spiro atoms. The fourth-order valence-corrected chi connectivity index (χ4v) is 4.09. The predicted octanol–water partition coefficient (Wildman–Crippen LogP) is 4.58. The summed E-state index contributed by atoms with van der Waals surface area (Å²) in [6, 6.07) is 13.3. The molecule has 1 heterocycles. The third kappa shape index (κ3) is 2.44. The minimum Gasteiger partial charge on any atom is -0.343 e. The van der Waals surface area contributed by atoms with Crippen molar-refractivity contribution in [3.8, 4) is 0 Å². The van der Waals surface area contributed by atoms with Crippen LogP contribution in [0.25, 0.3) is 21.8 Å². The molecular weight excluding hydrogens is 280 g/mol. The molecule has 108 valence electrons. The number of hydrogen-bond acceptors (Lipinski definition) is 2. The van der Waals surface area contributed by atoms with E-state index in [0.29, 0.717) is 0 Å². The molecule has 0 atom stereocenters. The Balaban J connectivity index is 2.36. The van der Waals surface area contributed by atoms with Crippen LogP contribution in [-0.2, 0) is 6.17 Å². The van der Waals surface area contributed by atoms with Gasteiger partial charge < -0.3 is 4.57 Å². The van der Waals surface area contributed by atoms with Crippen molar-refractivity contribution in [2.24, 2.45) is 0 Å². The van der Waals surface area contributed by atoms with Gasteiger partial charge in [0.25, 0.3) is 5.69 Å². The Morgan fingerprint density at radius 1 is 1.05 bits per heavy atom. The maximum atomic E-state index is 11.0. The van der Waals surface area contributed by atoms with Crippen LogP contribution in [0.3, 0.4) is 0 Å². The number of hydrogen-bond donors (Lipinski definition) is 0. The summed E-state index contributed by atoms with van der Waals surface area (Å²) in [5.74, 6) is 0. The van der Waals surface area contributed by atoms with Crippen molar-refractivity contribution in [1.29, 1.82) is 0 Å². The molecule has 0 aliphatic heterocycles. The van der Waals surface area contributed by atoms with Crippen LogP contribution in [0.15, 0.2) is 42.5 Å². The molecule has 0 N–H and O–H groups in total. The lowest BCUT2D eigenvalue weighted by molar-refractivity contribution is -0.384. The molecule has 0 radical (unpaired) electrons. The van der Waals surface area contributed by atoms with Crippen molar-refractivity contribution >= 4 is 35.6 Å². The third-order valence-electron chi connectivity index (χ3n) is 3.60. The van der Waals surface area contributed by atoms with Crippen LogP contribution in [-0.4, -0.2) is 17.6 Å². The zero-order chi connectivity index (χ0) is 15.2. The van der Waals surface area contributed by atoms with E-state index in [9.17, 15) is 10.1 Å². The lowest BCUT2D eigenvalue weighted by Gasteiger charge is -2.18. The topological polar surface area (TPSA) is 48.1 Å². The summed E-state index contributed by atoms with van der Waals surface area (Å²) in [5.41, 5.74) is 2.40. The van der Waals surface area contributed by atoms with Crippen molar-refractivity contribution in [1.82, 2.24) is 4.57 Å². The number of benzene rings is 2. The fourth-order valence-electron chi connectivity index (χ4n) is 2.80. The van der Waals surface area contributed by atoms with Gasteiger partial charge >= 0.3 is 0 Å². The molecule has 21 heavy (non-hydrogen) atoms. The van der Waals surface area contributed by atoms with Crippen LogP contribution < -0.4 is 0 Å². The molecule has 0 aliphatic carbocycles. The first-order chi connectivity index (χ1) is 9.87. The van der Waals surface area contributed by atoms with Gasteiger partial charge in [0.1, 0.15) is 0 Å². The molecule has 3 rings (SSSR count). The number of fused-ring (bicyclic) bond motifs is 3. The van der Waals surface area contributed by atoms with Gasteiger partial charge in [0.2, 0.25) is 0 Å². The van der Waals surface area contributed by atoms with Gasteiger partial charge in [-0.05, 0) is 12.1 Å². The Morgan fingerprint density at radius 2 is 1.71 bits per heavy atom. The monoisotopic (exact) mass is 298 g/mol. The predicted molar refractivity (Wildman–Crippen MR) is 89.4 cm³/mol. The minimum absolute atomic E-state index is 0.151. The third-order valence-corrected chi connectivity index (χ3v) is 4.86. The quantitative estimate of drug-likeness (QED) is 0.403. The first-order valence-electron chi connectivity index (χ1n) is 7.02. The van der Waals surface area contributed by atoms with E-state index in [1.807, 2.05) is 24.3 Å². The Morgan fingerprint density at radius 3 is 2.38 bits per heavy atom. The van der Waals surface area contributed by atoms with E-state index in [1.54, 1.807) is 12.1 Å². The maximum Gasteiger partial charge on any atom is 0.270 e. The van der Waals surface area contributed by atoms with Crippen LogP contribution in [0.4, 0.5) is 5.69 Å². The lowest BCUT2D eigenvalue weighted by Crippen LogP contribution is -2.27. The Kier molecular flexibility index (Phi) is 3.09. The Hall–Kier alpha value is -2.14. The number of nitrogens with zero attached hydrogens (tertiary/aromatic N) is 2. The second-order valence-electron chi connectivity index (χ2n) is 6.62. The molecule has 0 amide bonds. The van der Waals surface area contributed by atoms with E-state index in [4.69, 9.17) is 0 Å². The highest BCUT2D eigenvalue weighted by molar-refractivity contribution is 6.75. The molecule has 0 fully saturated rings. The molecule has 3 aromatic rings. The van der Waals surface area contributed by atoms with E-state index in [0.717, 1.165) is 28.0 Å². The van der Waals surface area contributed by atoms with Crippen LogP contribution in [0, 0.1) is 10.1 Å². The second kappa shape index (κ2) is 4.70. The molecule has 1 aromatic heterocycles. The van der Waals surface area contributed by atoms with Gasteiger partial charge in [-0.3, -0.25) is 10.1 Å². The summed E-state index contributed by atoms with van der Waals surface area (Å²) in [4.78, 5) is 10.7. The first-order valence-corrected chi connectivity index (χ1v) is 10.7. The molecule has 0 saturated carbocycles. The number of non-ortho nitro benzene ring substituents is 1. The molecule has 0 saturated heterocycles. The van der Waals surface area contributed by atoms with Crippen molar-refractivity contribution in [2.75, 3.05) is 0 Å². The molecular formula is C16H18N2O2Si. The summed E-state index contributed by atoms with van der Waals surface area (Å²) in [5, 5.41) is 13.1. The van der Waals surface area contributed by atoms with Gasteiger partial charge in [-0.1, -0.05) is 37.8 Å². The van der Waals surface area contributed by atoms with Crippen molar-refractivity contribution in [3.63, 3.8) is 0 Å². The van der Waals surface area contributed by atoms with Gasteiger partial charge in [-0.25, -0.2) is 0 Å². The van der Waals surface area contributed by atoms with E-state index >= 15 is 0 Å². The van der Waals surface area contributed by atoms with Gasteiger partial charge in [-0.15, -0.1) is 0 Å². The highest BCUT2D eigenvalue weighted by Crippen LogP contribution is 2.32. The summed E-state index contributed by atoms with van der Waals surface area (Å²) in [6.45, 7) is 7.00. The fraction of sp³-hybridized carbons (Fsp3) is 0.250. The first kappa shape index (κ1) is 13.8. The molecule has 5 heteroatoms. The summed E-state index contributed by atoms with van der Waals surface area (Å²) >= 11 is 0. The maximum absolute atomic E-state index is 11.0. The largest absolute Gasteiger partial charge is 0.343 e. The van der Waals surface area contributed by atoms with Gasteiger partial charge in [0.05, 0.1) is 13.0 Å². The van der Waals surface area contributed by atoms with Crippen LogP contribution in [0.1, 0.15) is 0 Å². The van der Waals surface area contributed by atoms with Crippen molar-refractivity contribution in [3.05, 3.63) is 52.6 Å². The smallest absolute Gasteiger partial charge is 0.270 e. The number of aromatic nitrogens is 1. The standard InChI is InChI=1S/C16H18N2O2Si/c1-21(2,3)11-17-15-7-5-4-6-13(15)14-10-12(18(19)20)8-9-16(14)17/h4-10H,11H2,1-3H3. The SMILES string of the molecule is C[Si](C)(C)Cn1c2ccccc2c2cc([N+](=O)[O-])ccc21. The van der Waals surface area contributed by atoms with Crippen molar-refractivity contribution in [2.45, 2.75) is 25.8 Å². The zero-order valence-electron chi connectivity index (χ0n) is 12.5. The summed E-state index contributed by atoms with van der Waals surface area (Å²) in [7, 11) is -1.30. The normalized spacial score (nSPS) is 12.1. The summed E-state index contributed by atoms with van der Waals surface area (Å²) < 4.78 is 2.32. The van der Waals surface area contributed by atoms with E-state index in [-0.39, 0.29) is 10.6 Å². The number of para-hydroxylation sites is 1.